The van der Waals surface area contributed by atoms with Crippen molar-refractivity contribution in [1.29, 1.82) is 0 Å². The Kier molecular flexibility index (Phi) is 7.53. The quantitative estimate of drug-likeness (QED) is 0.560. The molecule has 0 unspecified atom stereocenters. The van der Waals surface area contributed by atoms with Crippen molar-refractivity contribution in [3.05, 3.63) is 47.4 Å². The summed E-state index contributed by atoms with van der Waals surface area (Å²) in [6, 6.07) is 2.16. The van der Waals surface area contributed by atoms with E-state index < -0.39 is 47.5 Å². The second-order valence-corrected chi connectivity index (χ2v) is 9.21. The van der Waals surface area contributed by atoms with Crippen LogP contribution in [0.15, 0.2) is 30.6 Å². The van der Waals surface area contributed by atoms with Gasteiger partial charge >= 0.3 is 12.3 Å². The maximum absolute atomic E-state index is 12.9. The van der Waals surface area contributed by atoms with Gasteiger partial charge in [0.15, 0.2) is 0 Å². The summed E-state index contributed by atoms with van der Waals surface area (Å²) in [5.74, 6) is -1.52. The number of hydrogen-bond acceptors (Lipinski definition) is 7. The first kappa shape index (κ1) is 26.9. The van der Waals surface area contributed by atoms with E-state index >= 15 is 0 Å². The van der Waals surface area contributed by atoms with Crippen LogP contribution in [0.2, 0.25) is 0 Å². The molecule has 2 aromatic rings. The molecule has 0 bridgehead atoms. The van der Waals surface area contributed by atoms with Gasteiger partial charge in [-0.15, -0.1) is 0 Å². The molecule has 13 heteroatoms. The van der Waals surface area contributed by atoms with Crippen molar-refractivity contribution in [3.8, 4) is 11.3 Å². The highest BCUT2D eigenvalue weighted by Crippen LogP contribution is 2.29. The van der Waals surface area contributed by atoms with Crippen LogP contribution in [0, 0.1) is 0 Å². The zero-order valence-corrected chi connectivity index (χ0v) is 19.8. The molecule has 0 radical (unpaired) electrons. The molecule has 1 aliphatic rings. The van der Waals surface area contributed by atoms with E-state index in [1.807, 2.05) is 0 Å². The Balaban J connectivity index is 1.80. The lowest BCUT2D eigenvalue weighted by Crippen LogP contribution is -2.51. The van der Waals surface area contributed by atoms with Gasteiger partial charge in [-0.25, -0.2) is 4.79 Å². The van der Waals surface area contributed by atoms with Gasteiger partial charge in [-0.3, -0.25) is 24.5 Å². The molecular weight excluding hydrogens is 483 g/mol. The Morgan fingerprint density at radius 1 is 1.19 bits per heavy atom. The van der Waals surface area contributed by atoms with Crippen molar-refractivity contribution in [3.63, 3.8) is 0 Å². The molecular formula is C23H26F3N5O5. The molecule has 0 spiro atoms. The fourth-order valence-electron chi connectivity index (χ4n) is 3.64. The summed E-state index contributed by atoms with van der Waals surface area (Å²) in [6.45, 7) is 4.90. The fraction of sp³-hybridized carbons (Fsp3) is 0.435. The summed E-state index contributed by atoms with van der Waals surface area (Å²) >= 11 is 0. The lowest BCUT2D eigenvalue weighted by atomic mass is 10.0. The predicted molar refractivity (Wildman–Crippen MR) is 120 cm³/mol. The zero-order chi connectivity index (χ0) is 26.8. The van der Waals surface area contributed by atoms with Crippen LogP contribution in [0.1, 0.15) is 48.8 Å². The third-order valence-corrected chi connectivity index (χ3v) is 5.32. The van der Waals surface area contributed by atoms with Crippen LogP contribution in [-0.2, 0) is 22.3 Å². The Labute approximate surface area is 204 Å². The molecule has 1 saturated heterocycles. The van der Waals surface area contributed by atoms with Gasteiger partial charge in [-0.1, -0.05) is 0 Å². The van der Waals surface area contributed by atoms with Crippen molar-refractivity contribution >= 4 is 17.9 Å². The van der Waals surface area contributed by atoms with Crippen LogP contribution in [0.4, 0.5) is 18.0 Å². The van der Waals surface area contributed by atoms with E-state index in [0.717, 1.165) is 23.4 Å². The summed E-state index contributed by atoms with van der Waals surface area (Å²) < 4.78 is 43.7. The first-order chi connectivity index (χ1) is 16.7. The smallest absolute Gasteiger partial charge is 0.433 e. The molecule has 36 heavy (non-hydrogen) atoms. The van der Waals surface area contributed by atoms with Crippen LogP contribution in [0.3, 0.4) is 0 Å². The van der Waals surface area contributed by atoms with Crippen LogP contribution >= 0.6 is 0 Å². The minimum absolute atomic E-state index is 0.0186. The monoisotopic (exact) mass is 509 g/mol. The summed E-state index contributed by atoms with van der Waals surface area (Å²) in [6.07, 6.45) is -4.17. The zero-order valence-electron chi connectivity index (χ0n) is 19.8. The van der Waals surface area contributed by atoms with Gasteiger partial charge in [0.1, 0.15) is 17.3 Å². The average molecular weight is 509 g/mol. The Bertz CT molecular complexity index is 1150. The van der Waals surface area contributed by atoms with E-state index in [1.54, 1.807) is 20.8 Å². The molecule has 1 fully saturated rings. The molecule has 3 heterocycles. The lowest BCUT2D eigenvalue weighted by molar-refractivity contribution is -0.141. The standard InChI is InChI=1S/C23H26F3N5O5/c1-22(2,3)36-21(35)31-7-6-16(32)18(31)20(34)30-10-13-8-15(28-11-14(13)19(27)33)12-4-5-17(29-9-12)23(24,25)26/h4-5,8-9,11,16,18,32H,6-7,10H2,1-3H3,(H2,27,33)(H,30,34)/t16-,18+/m1/s1. The fourth-order valence-corrected chi connectivity index (χ4v) is 3.64. The SMILES string of the molecule is CC(C)(C)OC(=O)N1CC[C@@H](O)[C@H]1C(=O)NCc1cc(-c2ccc(C(F)(F)F)nc2)ncc1C(N)=O. The van der Waals surface area contributed by atoms with Gasteiger partial charge < -0.3 is 20.9 Å². The summed E-state index contributed by atoms with van der Waals surface area (Å²) in [5.41, 5.74) is 4.18. The molecule has 0 aliphatic carbocycles. The van der Waals surface area contributed by atoms with Gasteiger partial charge in [0, 0.05) is 31.0 Å². The number of primary amides is 1. The topological polar surface area (TPSA) is 148 Å². The molecule has 2 aromatic heterocycles. The van der Waals surface area contributed by atoms with Crippen molar-refractivity contribution in [2.24, 2.45) is 5.73 Å². The highest BCUT2D eigenvalue weighted by Gasteiger charge is 2.42. The Morgan fingerprint density at radius 2 is 1.89 bits per heavy atom. The van der Waals surface area contributed by atoms with E-state index in [4.69, 9.17) is 10.5 Å². The van der Waals surface area contributed by atoms with Crippen molar-refractivity contribution < 1.29 is 37.4 Å². The van der Waals surface area contributed by atoms with E-state index in [2.05, 4.69) is 15.3 Å². The Hall–Kier alpha value is -3.74. The number of nitrogens with zero attached hydrogens (tertiary/aromatic N) is 3. The number of alkyl halides is 3. The van der Waals surface area contributed by atoms with Gasteiger partial charge in [-0.05, 0) is 51.0 Å². The summed E-state index contributed by atoms with van der Waals surface area (Å²) in [4.78, 5) is 45.9. The average Bonchev–Trinajstić information content (AvgIpc) is 3.17. The normalized spacial score (nSPS) is 18.1. The minimum atomic E-state index is -4.60. The van der Waals surface area contributed by atoms with E-state index in [0.29, 0.717) is 0 Å². The number of pyridine rings is 2. The lowest BCUT2D eigenvalue weighted by Gasteiger charge is -2.28. The molecule has 194 valence electrons. The first-order valence-corrected chi connectivity index (χ1v) is 10.9. The predicted octanol–water partition coefficient (Wildman–Crippen LogP) is 2.25. The van der Waals surface area contributed by atoms with E-state index in [9.17, 15) is 32.7 Å². The third-order valence-electron chi connectivity index (χ3n) is 5.32. The highest BCUT2D eigenvalue weighted by molar-refractivity contribution is 5.94. The number of nitrogens with one attached hydrogen (secondary N) is 1. The second kappa shape index (κ2) is 10.1. The van der Waals surface area contributed by atoms with Gasteiger partial charge in [-0.2, -0.15) is 13.2 Å². The van der Waals surface area contributed by atoms with Crippen molar-refractivity contribution in [2.75, 3.05) is 6.54 Å². The Morgan fingerprint density at radius 3 is 2.44 bits per heavy atom. The number of amides is 3. The number of ether oxygens (including phenoxy) is 1. The number of carbonyl (C=O) groups excluding carboxylic acids is 3. The molecule has 3 rings (SSSR count). The number of aromatic nitrogens is 2. The number of hydrogen-bond donors (Lipinski definition) is 3. The van der Waals surface area contributed by atoms with Crippen LogP contribution in [0.25, 0.3) is 11.3 Å². The molecule has 0 aromatic carbocycles. The largest absolute Gasteiger partial charge is 0.444 e. The van der Waals surface area contributed by atoms with Gasteiger partial charge in [0.25, 0.3) is 5.91 Å². The summed E-state index contributed by atoms with van der Waals surface area (Å²) in [7, 11) is 0. The number of carbonyl (C=O) groups is 3. The maximum Gasteiger partial charge on any atom is 0.433 e. The first-order valence-electron chi connectivity index (χ1n) is 10.9. The highest BCUT2D eigenvalue weighted by atomic mass is 19.4. The van der Waals surface area contributed by atoms with Gasteiger partial charge in [0.05, 0.1) is 17.4 Å². The summed E-state index contributed by atoms with van der Waals surface area (Å²) in [5, 5.41) is 12.9. The molecule has 0 saturated carbocycles. The van der Waals surface area contributed by atoms with Crippen LogP contribution in [0.5, 0.6) is 0 Å². The number of nitrogens with two attached hydrogens (primary N) is 1. The molecule has 2 atom stereocenters. The minimum Gasteiger partial charge on any atom is -0.444 e. The van der Waals surface area contributed by atoms with E-state index in [-0.39, 0.29) is 41.9 Å². The number of aliphatic hydroxyl groups excluding tert-OH is 1. The number of aliphatic hydroxyl groups is 1. The van der Waals surface area contributed by atoms with Gasteiger partial charge in [0.2, 0.25) is 5.91 Å². The molecule has 3 amide bonds. The maximum atomic E-state index is 12.9. The van der Waals surface area contributed by atoms with Crippen LogP contribution in [-0.4, -0.2) is 62.2 Å². The molecule has 4 N–H and O–H groups in total. The van der Waals surface area contributed by atoms with Crippen molar-refractivity contribution in [1.82, 2.24) is 20.2 Å². The second-order valence-electron chi connectivity index (χ2n) is 9.21. The van der Waals surface area contributed by atoms with Crippen molar-refractivity contribution in [2.45, 2.75) is 57.7 Å². The van der Waals surface area contributed by atoms with Crippen LogP contribution < -0.4 is 11.1 Å². The third kappa shape index (κ3) is 6.27. The molecule has 1 aliphatic heterocycles. The number of likely N-dealkylation sites (tertiary alicyclic amines) is 1. The number of halogens is 3. The number of rotatable bonds is 5. The van der Waals surface area contributed by atoms with E-state index in [1.165, 1.54) is 12.1 Å². The molecule has 10 nitrogen and oxygen atoms in total.